The van der Waals surface area contributed by atoms with Crippen molar-refractivity contribution in [2.75, 3.05) is 0 Å². The third-order valence-corrected chi connectivity index (χ3v) is 7.30. The first kappa shape index (κ1) is 16.7. The fourth-order valence-corrected chi connectivity index (χ4v) is 6.45. The van der Waals surface area contributed by atoms with Crippen LogP contribution in [-0.2, 0) is 14.3 Å². The number of ketones is 1. The number of allylic oxidation sites excluding steroid dienone is 1. The van der Waals surface area contributed by atoms with Gasteiger partial charge in [-0.15, -0.1) is 0 Å². The van der Waals surface area contributed by atoms with E-state index < -0.39 is 17.5 Å². The lowest BCUT2D eigenvalue weighted by atomic mass is 9.54. The van der Waals surface area contributed by atoms with Crippen LogP contribution in [0.25, 0.3) is 0 Å². The summed E-state index contributed by atoms with van der Waals surface area (Å²) in [6.45, 7) is 10.5. The number of rotatable bonds is 1. The van der Waals surface area contributed by atoms with E-state index in [0.717, 1.165) is 18.4 Å². The van der Waals surface area contributed by atoms with Crippen molar-refractivity contribution in [1.82, 2.24) is 0 Å². The van der Waals surface area contributed by atoms with E-state index in [0.29, 0.717) is 24.0 Å². The minimum atomic E-state index is -0.854. The Balaban J connectivity index is 1.88. The summed E-state index contributed by atoms with van der Waals surface area (Å²) in [5.74, 6) is 1.16. The first-order valence-corrected chi connectivity index (χ1v) is 9.43. The third kappa shape index (κ3) is 1.94. The summed E-state index contributed by atoms with van der Waals surface area (Å²) in [7, 11) is 0. The SMILES string of the molecule is CC(C)=C[C@H]1O[C@@]2(C)C[C@H](O)O[C@]13[C@H]2C(=O)[C@H]1[C@@H](CC[C@@H]1C)[C@@H]3C. The zero-order valence-electron chi connectivity index (χ0n) is 15.4. The first-order valence-electron chi connectivity index (χ1n) is 9.43. The van der Waals surface area contributed by atoms with Crippen LogP contribution in [0.15, 0.2) is 11.6 Å². The van der Waals surface area contributed by atoms with Crippen molar-refractivity contribution < 1.29 is 19.4 Å². The molecule has 4 fully saturated rings. The first-order chi connectivity index (χ1) is 11.2. The molecule has 2 aliphatic heterocycles. The monoisotopic (exact) mass is 334 g/mol. The predicted molar refractivity (Wildman–Crippen MR) is 90.2 cm³/mol. The highest BCUT2D eigenvalue weighted by Gasteiger charge is 2.75. The number of fused-ring (bicyclic) bond motifs is 1. The van der Waals surface area contributed by atoms with Gasteiger partial charge in [0.25, 0.3) is 0 Å². The Kier molecular flexibility index (Phi) is 3.59. The van der Waals surface area contributed by atoms with E-state index in [1.807, 2.05) is 20.8 Å². The van der Waals surface area contributed by atoms with Gasteiger partial charge in [0.1, 0.15) is 17.5 Å². The highest BCUT2D eigenvalue weighted by atomic mass is 16.7. The van der Waals surface area contributed by atoms with Crippen LogP contribution in [0, 0.1) is 29.6 Å². The van der Waals surface area contributed by atoms with Crippen LogP contribution in [0.1, 0.15) is 53.9 Å². The van der Waals surface area contributed by atoms with Gasteiger partial charge in [-0.25, -0.2) is 0 Å². The van der Waals surface area contributed by atoms with Gasteiger partial charge in [0, 0.05) is 12.3 Å². The van der Waals surface area contributed by atoms with Crippen LogP contribution in [0.5, 0.6) is 0 Å². The van der Waals surface area contributed by atoms with Crippen LogP contribution < -0.4 is 0 Å². The maximum absolute atomic E-state index is 13.5. The zero-order chi connectivity index (χ0) is 17.4. The second-order valence-electron chi connectivity index (χ2n) is 9.09. The van der Waals surface area contributed by atoms with Crippen molar-refractivity contribution in [3.05, 3.63) is 11.6 Å². The maximum atomic E-state index is 13.5. The lowest BCUT2D eigenvalue weighted by molar-refractivity contribution is -0.265. The molecule has 0 aromatic rings. The third-order valence-electron chi connectivity index (χ3n) is 7.30. The highest BCUT2D eigenvalue weighted by molar-refractivity contribution is 5.88. The molecule has 4 aliphatic rings. The van der Waals surface area contributed by atoms with E-state index in [1.165, 1.54) is 0 Å². The molecule has 2 heterocycles. The predicted octanol–water partition coefficient (Wildman–Crippen LogP) is 3.08. The lowest BCUT2D eigenvalue weighted by Crippen LogP contribution is -2.67. The Labute approximate surface area is 144 Å². The van der Waals surface area contributed by atoms with Gasteiger partial charge >= 0.3 is 0 Å². The van der Waals surface area contributed by atoms with Crippen molar-refractivity contribution in [3.63, 3.8) is 0 Å². The second-order valence-corrected chi connectivity index (χ2v) is 9.09. The van der Waals surface area contributed by atoms with Crippen molar-refractivity contribution in [2.24, 2.45) is 29.6 Å². The Bertz CT molecular complexity index is 594. The number of Topliss-reactive ketones (excluding diaryl/α,β-unsaturated/α-hetero) is 1. The number of hydrogen-bond donors (Lipinski definition) is 1. The summed E-state index contributed by atoms with van der Waals surface area (Å²) in [6, 6.07) is 0. The standard InChI is InChI=1S/C20H30O4/c1-10(2)8-14-20-12(4)13-7-6-11(3)16(13)17(22)18(20)19(5,23-14)9-15(21)24-20/h8,11-16,18,21H,6-7,9H2,1-5H3/t11-,12-,13-,14+,15+,16+,18-,19-,20-/m0/s1. The highest BCUT2D eigenvalue weighted by Crippen LogP contribution is 2.64. The number of aliphatic hydroxyl groups excluding tert-OH is 1. The van der Waals surface area contributed by atoms with Crippen LogP contribution in [0.4, 0.5) is 0 Å². The fraction of sp³-hybridized carbons (Fsp3) is 0.850. The molecule has 2 aliphatic carbocycles. The van der Waals surface area contributed by atoms with Gasteiger partial charge < -0.3 is 14.6 Å². The number of hydrogen-bond acceptors (Lipinski definition) is 4. The molecule has 0 radical (unpaired) electrons. The van der Waals surface area contributed by atoms with E-state index >= 15 is 0 Å². The Hall–Kier alpha value is -0.710. The molecule has 134 valence electrons. The largest absolute Gasteiger partial charge is 0.368 e. The molecule has 4 rings (SSSR count). The molecule has 0 aromatic carbocycles. The molecule has 0 unspecified atom stereocenters. The molecule has 4 nitrogen and oxygen atoms in total. The minimum Gasteiger partial charge on any atom is -0.368 e. The molecular formula is C20H30O4. The smallest absolute Gasteiger partial charge is 0.158 e. The lowest BCUT2D eigenvalue weighted by Gasteiger charge is -2.55. The van der Waals surface area contributed by atoms with Gasteiger partial charge in [0.05, 0.1) is 11.5 Å². The molecule has 1 N–H and O–H groups in total. The molecule has 2 bridgehead atoms. The van der Waals surface area contributed by atoms with E-state index in [2.05, 4.69) is 19.9 Å². The Morgan fingerprint density at radius 2 is 1.96 bits per heavy atom. The summed E-state index contributed by atoms with van der Waals surface area (Å²) in [6.07, 6.45) is 3.54. The van der Waals surface area contributed by atoms with E-state index in [9.17, 15) is 9.90 Å². The van der Waals surface area contributed by atoms with Gasteiger partial charge in [0.15, 0.2) is 6.29 Å². The number of ether oxygens (including phenoxy) is 2. The van der Waals surface area contributed by atoms with Crippen LogP contribution in [0.2, 0.25) is 0 Å². The quantitative estimate of drug-likeness (QED) is 0.749. The molecule has 24 heavy (non-hydrogen) atoms. The van der Waals surface area contributed by atoms with Crippen molar-refractivity contribution in [2.45, 2.75) is 77.5 Å². The summed E-state index contributed by atoms with van der Waals surface area (Å²) >= 11 is 0. The Morgan fingerprint density at radius 1 is 1.25 bits per heavy atom. The topological polar surface area (TPSA) is 55.8 Å². The van der Waals surface area contributed by atoms with Crippen molar-refractivity contribution >= 4 is 5.78 Å². The van der Waals surface area contributed by atoms with Gasteiger partial charge in [-0.05, 0) is 51.4 Å². The average molecular weight is 334 g/mol. The summed E-state index contributed by atoms with van der Waals surface area (Å²) in [5, 5.41) is 10.4. The van der Waals surface area contributed by atoms with E-state index in [-0.39, 0.29) is 23.9 Å². The molecule has 0 amide bonds. The Morgan fingerprint density at radius 3 is 2.62 bits per heavy atom. The molecule has 0 spiro atoms. The van der Waals surface area contributed by atoms with Gasteiger partial charge in [0.2, 0.25) is 0 Å². The van der Waals surface area contributed by atoms with E-state index in [1.54, 1.807) is 0 Å². The fourth-order valence-electron chi connectivity index (χ4n) is 6.45. The summed E-state index contributed by atoms with van der Waals surface area (Å²) in [4.78, 5) is 13.5. The van der Waals surface area contributed by atoms with Crippen LogP contribution in [-0.4, -0.2) is 34.5 Å². The van der Waals surface area contributed by atoms with Crippen LogP contribution >= 0.6 is 0 Å². The number of carbonyl (C=O) groups excluding carboxylic acids is 1. The zero-order valence-corrected chi connectivity index (χ0v) is 15.4. The van der Waals surface area contributed by atoms with Gasteiger partial charge in [-0.3, -0.25) is 4.79 Å². The van der Waals surface area contributed by atoms with Gasteiger partial charge in [-0.1, -0.05) is 25.5 Å². The molecule has 2 saturated heterocycles. The number of aliphatic hydroxyl groups is 1. The molecule has 4 heteroatoms. The van der Waals surface area contributed by atoms with Crippen molar-refractivity contribution in [3.8, 4) is 0 Å². The maximum Gasteiger partial charge on any atom is 0.158 e. The summed E-state index contributed by atoms with van der Waals surface area (Å²) in [5.41, 5.74) is -0.192. The molecule has 2 saturated carbocycles. The van der Waals surface area contributed by atoms with Gasteiger partial charge in [-0.2, -0.15) is 0 Å². The average Bonchev–Trinajstić information content (AvgIpc) is 2.91. The minimum absolute atomic E-state index is 0.130. The number of carbonyl (C=O) groups is 1. The summed E-state index contributed by atoms with van der Waals surface area (Å²) < 4.78 is 12.7. The normalized spacial score (nSPS) is 55.9. The van der Waals surface area contributed by atoms with Crippen LogP contribution in [0.3, 0.4) is 0 Å². The van der Waals surface area contributed by atoms with E-state index in [4.69, 9.17) is 9.47 Å². The molecule has 0 aromatic heterocycles. The second kappa shape index (κ2) is 5.15. The molecular weight excluding hydrogens is 304 g/mol. The van der Waals surface area contributed by atoms with Crippen molar-refractivity contribution in [1.29, 1.82) is 0 Å². The molecule has 9 atom stereocenters.